The molecule has 1 fully saturated rings. The minimum absolute atomic E-state index is 0.277. The summed E-state index contributed by atoms with van der Waals surface area (Å²) in [7, 11) is 0. The lowest BCUT2D eigenvalue weighted by atomic mass is 9.96. The summed E-state index contributed by atoms with van der Waals surface area (Å²) in [6, 6.07) is 6.82. The van der Waals surface area contributed by atoms with Crippen LogP contribution in [0.4, 0.5) is 0 Å². The number of rotatable bonds is 6. The highest BCUT2D eigenvalue weighted by molar-refractivity contribution is 8.12. The van der Waals surface area contributed by atoms with Crippen LogP contribution < -0.4 is 10.3 Å². The summed E-state index contributed by atoms with van der Waals surface area (Å²) in [5, 5.41) is 5.89. The molecule has 28 heavy (non-hydrogen) atoms. The van der Waals surface area contributed by atoms with Crippen LogP contribution in [0.3, 0.4) is 0 Å². The number of carbonyl (C=O) groups is 1. The Morgan fingerprint density at radius 3 is 2.82 bits per heavy atom. The van der Waals surface area contributed by atoms with Gasteiger partial charge >= 0.3 is 11.1 Å². The summed E-state index contributed by atoms with van der Waals surface area (Å²) in [6.07, 6.45) is 9.34. The van der Waals surface area contributed by atoms with Crippen molar-refractivity contribution < 1.29 is 14.5 Å². The average molecular weight is 403 g/mol. The number of carbonyl (C=O) groups excluding carboxylic acids is 1. The molecule has 0 atom stereocenters. The number of benzene rings is 1. The molecule has 1 aromatic heterocycles. The van der Waals surface area contributed by atoms with E-state index in [2.05, 4.69) is 40.6 Å². The highest BCUT2D eigenvalue weighted by Crippen LogP contribution is 2.24. The molecule has 1 saturated carbocycles. The van der Waals surface area contributed by atoms with Crippen LogP contribution in [0, 0.1) is 6.92 Å². The molecule has 1 heterocycles. The number of hydrogen-bond acceptors (Lipinski definition) is 3. The summed E-state index contributed by atoms with van der Waals surface area (Å²) in [5.41, 5.74) is 3.78. The van der Waals surface area contributed by atoms with E-state index in [0.717, 1.165) is 34.6 Å². The molecule has 1 aromatic carbocycles. The number of nitrogens with one attached hydrogen (secondary N) is 3. The van der Waals surface area contributed by atoms with E-state index in [9.17, 15) is 4.79 Å². The largest absolute Gasteiger partial charge is 0.461 e. The number of fused-ring (bicyclic) bond motifs is 1. The van der Waals surface area contributed by atoms with Gasteiger partial charge in [-0.25, -0.2) is 4.79 Å². The van der Waals surface area contributed by atoms with Gasteiger partial charge in [-0.05, 0) is 75.2 Å². The lowest BCUT2D eigenvalue weighted by molar-refractivity contribution is -0.455. The molecule has 2 aromatic rings. The Morgan fingerprint density at radius 1 is 1.32 bits per heavy atom. The normalized spacial score (nSPS) is 15.8. The first-order chi connectivity index (χ1) is 13.6. The van der Waals surface area contributed by atoms with Crippen molar-refractivity contribution in [2.45, 2.75) is 58.4 Å². The first-order valence-corrected chi connectivity index (χ1v) is 11.5. The molecule has 0 radical (unpaired) electrons. The van der Waals surface area contributed by atoms with Crippen molar-refractivity contribution in [3.05, 3.63) is 35.0 Å². The highest BCUT2D eigenvalue weighted by atomic mass is 32.2. The highest BCUT2D eigenvalue weighted by Gasteiger charge is 2.21. The van der Waals surface area contributed by atoms with E-state index in [4.69, 9.17) is 4.74 Å². The van der Waals surface area contributed by atoms with Crippen molar-refractivity contribution in [1.82, 2.24) is 10.3 Å². The second-order valence-corrected chi connectivity index (χ2v) is 8.25. The monoisotopic (exact) mass is 402 g/mol. The molecule has 0 unspecified atom stereocenters. The summed E-state index contributed by atoms with van der Waals surface area (Å²) in [4.78, 5) is 19.2. The van der Waals surface area contributed by atoms with E-state index in [-0.39, 0.29) is 5.97 Å². The average Bonchev–Trinajstić information content (AvgIpc) is 3.06. The SMILES string of the molecule is CCOC(=O)c1[nH]c2ccc(C)cc2c1CC[NH+]=C(NC1CCCCC1)SC. The van der Waals surface area contributed by atoms with Gasteiger partial charge in [-0.1, -0.05) is 18.1 Å². The number of H-pyrrole nitrogens is 1. The van der Waals surface area contributed by atoms with Gasteiger partial charge in [0.25, 0.3) is 0 Å². The Morgan fingerprint density at radius 2 is 2.11 bits per heavy atom. The van der Waals surface area contributed by atoms with Crippen LogP contribution in [0.2, 0.25) is 0 Å². The predicted octanol–water partition coefficient (Wildman–Crippen LogP) is 2.92. The number of amidine groups is 1. The van der Waals surface area contributed by atoms with Crippen molar-refractivity contribution in [1.29, 1.82) is 0 Å². The van der Waals surface area contributed by atoms with Gasteiger partial charge in [0.2, 0.25) is 0 Å². The second kappa shape index (κ2) is 10.0. The van der Waals surface area contributed by atoms with E-state index in [1.165, 1.54) is 37.7 Å². The minimum Gasteiger partial charge on any atom is -0.461 e. The fourth-order valence-electron chi connectivity index (χ4n) is 3.91. The molecule has 6 heteroatoms. The van der Waals surface area contributed by atoms with Gasteiger partial charge in [0, 0.05) is 17.3 Å². The third-order valence-electron chi connectivity index (χ3n) is 5.35. The minimum atomic E-state index is -0.277. The summed E-state index contributed by atoms with van der Waals surface area (Å²) >= 11 is 1.72. The standard InChI is InChI=1S/C22H31N3O2S/c1-4-27-21(26)20-17(18-14-15(2)10-11-19(18)25-20)12-13-23-22(28-3)24-16-8-6-5-7-9-16/h10-11,14,16,25H,4-9,12-13H2,1-3H3,(H,23,24)/p+1. The molecule has 152 valence electrons. The molecule has 5 nitrogen and oxygen atoms in total. The van der Waals surface area contributed by atoms with E-state index in [1.807, 2.05) is 13.0 Å². The van der Waals surface area contributed by atoms with Crippen molar-refractivity contribution in [2.75, 3.05) is 19.4 Å². The molecule has 0 saturated heterocycles. The fraction of sp³-hybridized carbons (Fsp3) is 0.545. The zero-order chi connectivity index (χ0) is 19.9. The number of aryl methyl sites for hydroxylation is 1. The Hall–Kier alpha value is -1.95. The molecule has 0 amide bonds. The first kappa shape index (κ1) is 20.8. The summed E-state index contributed by atoms with van der Waals surface area (Å²) in [5.74, 6) is -0.277. The molecule has 1 aliphatic rings. The van der Waals surface area contributed by atoms with Gasteiger partial charge in [-0.3, -0.25) is 10.3 Å². The predicted molar refractivity (Wildman–Crippen MR) is 117 cm³/mol. The topological polar surface area (TPSA) is 68.1 Å². The van der Waals surface area contributed by atoms with Crippen molar-refractivity contribution in [3.8, 4) is 0 Å². The van der Waals surface area contributed by atoms with Gasteiger partial charge in [0.15, 0.2) is 0 Å². The third-order valence-corrected chi connectivity index (χ3v) is 6.02. The number of thioether (sulfide) groups is 1. The molecular formula is C22H32N3O2S+. The van der Waals surface area contributed by atoms with Gasteiger partial charge in [0.1, 0.15) is 5.69 Å². The Kier molecular flexibility index (Phi) is 7.43. The maximum Gasteiger partial charge on any atom is 0.355 e. The molecule has 0 spiro atoms. The third kappa shape index (κ3) is 5.10. The molecule has 0 bridgehead atoms. The quantitative estimate of drug-likeness (QED) is 0.395. The lowest BCUT2D eigenvalue weighted by Gasteiger charge is -2.19. The fourth-order valence-corrected chi connectivity index (χ4v) is 4.45. The molecule has 1 aliphatic carbocycles. The van der Waals surface area contributed by atoms with Gasteiger partial charge in [0.05, 0.1) is 19.2 Å². The molecule has 0 aliphatic heterocycles. The smallest absolute Gasteiger partial charge is 0.355 e. The maximum atomic E-state index is 12.4. The van der Waals surface area contributed by atoms with Crippen LogP contribution in [0.5, 0.6) is 0 Å². The molecule has 3 N–H and O–H groups in total. The lowest BCUT2D eigenvalue weighted by Crippen LogP contribution is -2.76. The Labute approximate surface area is 171 Å². The van der Waals surface area contributed by atoms with Crippen LogP contribution in [-0.2, 0) is 11.2 Å². The number of hydrogen-bond donors (Lipinski definition) is 3. The van der Waals surface area contributed by atoms with E-state index >= 15 is 0 Å². The maximum absolute atomic E-state index is 12.4. The molecular weight excluding hydrogens is 370 g/mol. The second-order valence-electron chi connectivity index (χ2n) is 7.44. The van der Waals surface area contributed by atoms with Crippen LogP contribution in [-0.4, -0.2) is 41.6 Å². The van der Waals surface area contributed by atoms with Crippen molar-refractivity contribution in [3.63, 3.8) is 0 Å². The first-order valence-electron chi connectivity index (χ1n) is 10.3. The van der Waals surface area contributed by atoms with Crippen LogP contribution in [0.15, 0.2) is 18.2 Å². The number of esters is 1. The van der Waals surface area contributed by atoms with Crippen LogP contribution in [0.25, 0.3) is 10.9 Å². The zero-order valence-corrected chi connectivity index (χ0v) is 18.0. The van der Waals surface area contributed by atoms with Gasteiger partial charge < -0.3 is 9.72 Å². The Balaban J connectivity index is 1.77. The van der Waals surface area contributed by atoms with E-state index in [0.29, 0.717) is 18.3 Å². The van der Waals surface area contributed by atoms with E-state index in [1.54, 1.807) is 11.8 Å². The van der Waals surface area contributed by atoms with Gasteiger partial charge in [-0.2, -0.15) is 0 Å². The van der Waals surface area contributed by atoms with Crippen molar-refractivity contribution >= 4 is 33.8 Å². The Bertz CT molecular complexity index is 838. The van der Waals surface area contributed by atoms with E-state index < -0.39 is 0 Å². The van der Waals surface area contributed by atoms with Crippen LogP contribution >= 0.6 is 11.8 Å². The van der Waals surface area contributed by atoms with Crippen molar-refractivity contribution in [2.24, 2.45) is 0 Å². The number of aromatic amines is 1. The van der Waals surface area contributed by atoms with Crippen LogP contribution in [0.1, 0.15) is 60.6 Å². The number of ether oxygens (including phenoxy) is 1. The van der Waals surface area contributed by atoms with Gasteiger partial charge in [-0.15, -0.1) is 0 Å². The number of aromatic nitrogens is 1. The summed E-state index contributed by atoms with van der Waals surface area (Å²) in [6.45, 7) is 5.05. The summed E-state index contributed by atoms with van der Waals surface area (Å²) < 4.78 is 5.27. The molecule has 3 rings (SSSR count). The zero-order valence-electron chi connectivity index (χ0n) is 17.2.